The molecule has 0 fully saturated rings. The Hall–Kier alpha value is -1.29. The molecule has 2 aromatic rings. The summed E-state index contributed by atoms with van der Waals surface area (Å²) in [4.78, 5) is 15.6. The third-order valence-electron chi connectivity index (χ3n) is 2.12. The molecule has 0 saturated heterocycles. The highest BCUT2D eigenvalue weighted by atomic mass is 35.5. The van der Waals surface area contributed by atoms with Crippen LogP contribution in [0.3, 0.4) is 0 Å². The smallest absolute Gasteiger partial charge is 0.255 e. The second-order valence-electron chi connectivity index (χ2n) is 3.32. The Labute approximate surface area is 121 Å². The number of benzene rings is 1. The van der Waals surface area contributed by atoms with E-state index in [0.29, 0.717) is 21.3 Å². The molecule has 0 aliphatic heterocycles. The van der Waals surface area contributed by atoms with Gasteiger partial charge in [-0.1, -0.05) is 23.2 Å². The predicted molar refractivity (Wildman–Crippen MR) is 75.9 cm³/mol. The Bertz CT molecular complexity index is 546. The third kappa shape index (κ3) is 3.60. The maximum atomic E-state index is 11.8. The lowest BCUT2D eigenvalue weighted by Gasteiger charge is -2.05. The van der Waals surface area contributed by atoms with Crippen molar-refractivity contribution in [2.75, 3.05) is 5.32 Å². The monoisotopic (exact) mass is 302 g/mol. The van der Waals surface area contributed by atoms with Crippen molar-refractivity contribution in [3.8, 4) is 0 Å². The second kappa shape index (κ2) is 6.59. The second-order valence-corrected chi connectivity index (χ2v) is 4.13. The van der Waals surface area contributed by atoms with Crippen molar-refractivity contribution in [1.29, 1.82) is 0 Å². The van der Waals surface area contributed by atoms with Gasteiger partial charge in [0.2, 0.25) is 0 Å². The first kappa shape index (κ1) is 14.8. The van der Waals surface area contributed by atoms with Crippen LogP contribution in [-0.2, 0) is 0 Å². The fourth-order valence-corrected chi connectivity index (χ4v) is 1.58. The number of pyridine rings is 1. The molecule has 1 N–H and O–H groups in total. The van der Waals surface area contributed by atoms with E-state index in [2.05, 4.69) is 10.3 Å². The fourth-order valence-electron chi connectivity index (χ4n) is 1.28. The summed E-state index contributed by atoms with van der Waals surface area (Å²) in [5.74, 6) is -0.217. The molecule has 0 unspecified atom stereocenters. The zero-order valence-electron chi connectivity index (χ0n) is 9.06. The molecule has 2 rings (SSSR count). The van der Waals surface area contributed by atoms with Gasteiger partial charge < -0.3 is 5.32 Å². The van der Waals surface area contributed by atoms with Crippen LogP contribution in [0, 0.1) is 0 Å². The lowest BCUT2D eigenvalue weighted by molar-refractivity contribution is 0.102. The predicted octanol–water partition coefficient (Wildman–Crippen LogP) is 4.06. The van der Waals surface area contributed by atoms with E-state index in [1.54, 1.807) is 42.7 Å². The molecular weight excluding hydrogens is 295 g/mol. The molecule has 1 amide bonds. The van der Waals surface area contributed by atoms with Crippen molar-refractivity contribution in [2.45, 2.75) is 0 Å². The number of rotatable bonds is 2. The Kier molecular flexibility index (Phi) is 5.41. The molecule has 1 aromatic carbocycles. The number of amides is 1. The number of halogens is 3. The zero-order chi connectivity index (χ0) is 12.3. The Balaban J connectivity index is 0.00000162. The van der Waals surface area contributed by atoms with Gasteiger partial charge in [0.15, 0.2) is 0 Å². The molecule has 94 valence electrons. The van der Waals surface area contributed by atoms with E-state index in [0.717, 1.165) is 0 Å². The van der Waals surface area contributed by atoms with E-state index in [-0.39, 0.29) is 18.3 Å². The maximum absolute atomic E-state index is 11.8. The summed E-state index contributed by atoms with van der Waals surface area (Å²) in [5.41, 5.74) is 1.13. The molecule has 6 heteroatoms. The van der Waals surface area contributed by atoms with Gasteiger partial charge in [0.1, 0.15) is 0 Å². The van der Waals surface area contributed by atoms with Crippen LogP contribution < -0.4 is 5.32 Å². The minimum atomic E-state index is -0.217. The average Bonchev–Trinajstić information content (AvgIpc) is 2.35. The van der Waals surface area contributed by atoms with E-state index < -0.39 is 0 Å². The minimum absolute atomic E-state index is 0. The SMILES string of the molecule is Cl.O=C(Nc1ccc(Cl)c(Cl)c1)c1ccncc1. The first-order chi connectivity index (χ1) is 8.16. The molecule has 0 bridgehead atoms. The van der Waals surface area contributed by atoms with Crippen LogP contribution in [0.1, 0.15) is 10.4 Å². The summed E-state index contributed by atoms with van der Waals surface area (Å²) in [7, 11) is 0. The molecule has 0 saturated carbocycles. The maximum Gasteiger partial charge on any atom is 0.255 e. The summed E-state index contributed by atoms with van der Waals surface area (Å²) >= 11 is 11.6. The molecule has 0 spiro atoms. The Morgan fingerprint density at radius 2 is 1.72 bits per heavy atom. The van der Waals surface area contributed by atoms with E-state index in [1.165, 1.54) is 0 Å². The number of hydrogen-bond donors (Lipinski definition) is 1. The van der Waals surface area contributed by atoms with Crippen LogP contribution in [0.4, 0.5) is 5.69 Å². The van der Waals surface area contributed by atoms with Crippen molar-refractivity contribution in [3.05, 3.63) is 58.3 Å². The van der Waals surface area contributed by atoms with Crippen molar-refractivity contribution in [2.24, 2.45) is 0 Å². The molecular formula is C12H9Cl3N2O. The molecule has 0 atom stereocenters. The molecule has 0 aliphatic carbocycles. The number of carbonyl (C=O) groups excluding carboxylic acids is 1. The van der Waals surface area contributed by atoms with Crippen LogP contribution in [0.5, 0.6) is 0 Å². The van der Waals surface area contributed by atoms with Crippen molar-refractivity contribution in [1.82, 2.24) is 4.98 Å². The Morgan fingerprint density at radius 3 is 2.33 bits per heavy atom. The first-order valence-electron chi connectivity index (χ1n) is 4.83. The number of anilines is 1. The van der Waals surface area contributed by atoms with Gasteiger partial charge in [-0.15, -0.1) is 12.4 Å². The van der Waals surface area contributed by atoms with E-state index in [1.807, 2.05) is 0 Å². The molecule has 0 radical (unpaired) electrons. The number of hydrogen-bond acceptors (Lipinski definition) is 2. The minimum Gasteiger partial charge on any atom is -0.322 e. The fraction of sp³-hybridized carbons (Fsp3) is 0. The number of nitrogens with zero attached hydrogens (tertiary/aromatic N) is 1. The normalized spacial score (nSPS) is 9.44. The van der Waals surface area contributed by atoms with Gasteiger partial charge in [0.05, 0.1) is 10.0 Å². The molecule has 1 aromatic heterocycles. The molecule has 3 nitrogen and oxygen atoms in total. The summed E-state index contributed by atoms with van der Waals surface area (Å²) in [6.07, 6.45) is 3.12. The van der Waals surface area contributed by atoms with Crippen LogP contribution >= 0.6 is 35.6 Å². The van der Waals surface area contributed by atoms with Gasteiger partial charge in [0, 0.05) is 23.6 Å². The van der Waals surface area contributed by atoms with Gasteiger partial charge in [-0.25, -0.2) is 0 Å². The van der Waals surface area contributed by atoms with Crippen molar-refractivity contribution in [3.63, 3.8) is 0 Å². The Morgan fingerprint density at radius 1 is 1.06 bits per heavy atom. The van der Waals surface area contributed by atoms with Gasteiger partial charge >= 0.3 is 0 Å². The topological polar surface area (TPSA) is 42.0 Å². The first-order valence-corrected chi connectivity index (χ1v) is 5.59. The van der Waals surface area contributed by atoms with Crippen LogP contribution in [0.15, 0.2) is 42.7 Å². The van der Waals surface area contributed by atoms with Crippen LogP contribution in [0.2, 0.25) is 10.0 Å². The third-order valence-corrected chi connectivity index (χ3v) is 2.86. The van der Waals surface area contributed by atoms with Crippen LogP contribution in [0.25, 0.3) is 0 Å². The average molecular weight is 304 g/mol. The highest BCUT2D eigenvalue weighted by Gasteiger charge is 2.06. The number of nitrogens with one attached hydrogen (secondary N) is 1. The summed E-state index contributed by atoms with van der Waals surface area (Å²) < 4.78 is 0. The van der Waals surface area contributed by atoms with Crippen LogP contribution in [-0.4, -0.2) is 10.9 Å². The van der Waals surface area contributed by atoms with Gasteiger partial charge in [0.25, 0.3) is 5.91 Å². The highest BCUT2D eigenvalue weighted by molar-refractivity contribution is 6.42. The summed E-state index contributed by atoms with van der Waals surface area (Å²) in [5, 5.41) is 3.57. The summed E-state index contributed by atoms with van der Waals surface area (Å²) in [6.45, 7) is 0. The van der Waals surface area contributed by atoms with Gasteiger partial charge in [-0.05, 0) is 30.3 Å². The molecule has 18 heavy (non-hydrogen) atoms. The van der Waals surface area contributed by atoms with Crippen molar-refractivity contribution < 1.29 is 4.79 Å². The number of aromatic nitrogens is 1. The van der Waals surface area contributed by atoms with E-state index >= 15 is 0 Å². The lowest BCUT2D eigenvalue weighted by atomic mass is 10.2. The van der Waals surface area contributed by atoms with Gasteiger partial charge in [-0.3, -0.25) is 9.78 Å². The summed E-state index contributed by atoms with van der Waals surface area (Å²) in [6, 6.07) is 8.18. The van der Waals surface area contributed by atoms with E-state index in [4.69, 9.17) is 23.2 Å². The molecule has 0 aliphatic rings. The quantitative estimate of drug-likeness (QED) is 0.909. The lowest BCUT2D eigenvalue weighted by Crippen LogP contribution is -2.11. The molecule has 1 heterocycles. The highest BCUT2D eigenvalue weighted by Crippen LogP contribution is 2.25. The largest absolute Gasteiger partial charge is 0.322 e. The van der Waals surface area contributed by atoms with Gasteiger partial charge in [-0.2, -0.15) is 0 Å². The standard InChI is InChI=1S/C12H8Cl2N2O.ClH/c13-10-2-1-9(7-11(10)14)16-12(17)8-3-5-15-6-4-8;/h1-7H,(H,16,17);1H. The van der Waals surface area contributed by atoms with E-state index in [9.17, 15) is 4.79 Å². The van der Waals surface area contributed by atoms with Crippen molar-refractivity contribution >= 4 is 47.2 Å². The zero-order valence-corrected chi connectivity index (χ0v) is 11.4. The number of carbonyl (C=O) groups is 1.